The van der Waals surface area contributed by atoms with Crippen molar-refractivity contribution >= 4 is 28.4 Å². The summed E-state index contributed by atoms with van der Waals surface area (Å²) in [7, 11) is 3.20. The number of methoxy groups -OCH3 is 1. The molecule has 0 amide bonds. The van der Waals surface area contributed by atoms with Gasteiger partial charge in [-0.3, -0.25) is 10.1 Å². The predicted octanol–water partition coefficient (Wildman–Crippen LogP) is 3.55. The molecule has 0 fully saturated rings. The molecule has 0 saturated heterocycles. The summed E-state index contributed by atoms with van der Waals surface area (Å²) in [4.78, 5) is 15.1. The van der Waals surface area contributed by atoms with Gasteiger partial charge >= 0.3 is 5.69 Å². The maximum atomic E-state index is 11.2. The molecule has 0 spiro atoms. The predicted molar refractivity (Wildman–Crippen MR) is 93.8 cm³/mol. The molecular formula is C18H14N4O3. The van der Waals surface area contributed by atoms with Crippen molar-refractivity contribution in [2.75, 3.05) is 7.11 Å². The smallest absolute Gasteiger partial charge is 0.311 e. The van der Waals surface area contributed by atoms with Gasteiger partial charge in [-0.1, -0.05) is 18.2 Å². The second-order valence-electron chi connectivity index (χ2n) is 5.34. The Morgan fingerprint density at radius 1 is 1.36 bits per heavy atom. The fraction of sp³-hybridized carbons (Fsp3) is 0.111. The van der Waals surface area contributed by atoms with E-state index in [4.69, 9.17) is 4.74 Å². The molecule has 3 rings (SSSR count). The van der Waals surface area contributed by atoms with Crippen LogP contribution in [0.2, 0.25) is 0 Å². The van der Waals surface area contributed by atoms with Gasteiger partial charge in [0.25, 0.3) is 0 Å². The summed E-state index contributed by atoms with van der Waals surface area (Å²) in [5, 5.41) is 20.7. The van der Waals surface area contributed by atoms with E-state index in [1.807, 2.05) is 35.9 Å². The number of benzene rings is 2. The number of aryl methyl sites for hydroxylation is 1. The van der Waals surface area contributed by atoms with Crippen LogP contribution in [-0.2, 0) is 7.05 Å². The lowest BCUT2D eigenvalue weighted by atomic mass is 10.1. The molecule has 0 N–H and O–H groups in total. The number of aromatic nitrogens is 2. The zero-order valence-corrected chi connectivity index (χ0v) is 13.6. The molecule has 0 aliphatic carbocycles. The Kier molecular flexibility index (Phi) is 4.18. The second kappa shape index (κ2) is 6.45. The highest BCUT2D eigenvalue weighted by atomic mass is 16.6. The van der Waals surface area contributed by atoms with Crippen LogP contribution in [0.1, 0.15) is 11.4 Å². The van der Waals surface area contributed by atoms with E-state index >= 15 is 0 Å². The average Bonchev–Trinajstić information content (AvgIpc) is 2.96. The largest absolute Gasteiger partial charge is 0.490 e. The number of para-hydroxylation sites is 2. The van der Waals surface area contributed by atoms with Gasteiger partial charge in [0, 0.05) is 13.1 Å². The van der Waals surface area contributed by atoms with E-state index in [1.165, 1.54) is 19.2 Å². The minimum Gasteiger partial charge on any atom is -0.490 e. The van der Waals surface area contributed by atoms with Gasteiger partial charge in [-0.25, -0.2) is 4.98 Å². The molecule has 124 valence electrons. The number of nitro groups is 1. The average molecular weight is 334 g/mol. The first-order valence-electron chi connectivity index (χ1n) is 7.41. The molecule has 0 saturated carbocycles. The molecule has 0 aliphatic heterocycles. The summed E-state index contributed by atoms with van der Waals surface area (Å²) < 4.78 is 6.81. The minimum absolute atomic E-state index is 0.154. The van der Waals surface area contributed by atoms with Crippen LogP contribution in [0.4, 0.5) is 5.69 Å². The lowest BCUT2D eigenvalue weighted by molar-refractivity contribution is -0.385. The molecule has 0 unspecified atom stereocenters. The van der Waals surface area contributed by atoms with Crippen molar-refractivity contribution in [1.29, 1.82) is 5.26 Å². The Balaban J connectivity index is 2.12. The maximum absolute atomic E-state index is 11.2. The molecule has 0 radical (unpaired) electrons. The highest BCUT2D eigenvalue weighted by Gasteiger charge is 2.16. The van der Waals surface area contributed by atoms with E-state index in [2.05, 4.69) is 11.1 Å². The van der Waals surface area contributed by atoms with Crippen LogP contribution in [0.3, 0.4) is 0 Å². The molecule has 0 atom stereocenters. The van der Waals surface area contributed by atoms with E-state index in [9.17, 15) is 15.4 Å². The maximum Gasteiger partial charge on any atom is 0.311 e. The summed E-state index contributed by atoms with van der Waals surface area (Å²) in [5.41, 5.74) is 2.37. The zero-order chi connectivity index (χ0) is 18.0. The number of fused-ring (bicyclic) bond motifs is 1. The standard InChI is InChI=1S/C18H14N4O3/c1-21-15-6-4-3-5-14(15)20-18(21)13(11-19)9-12-7-8-17(25-2)16(10-12)22(23)24/h3-10H,1-2H3. The Hall–Kier alpha value is -3.66. The van der Waals surface area contributed by atoms with Gasteiger partial charge in [0.1, 0.15) is 6.07 Å². The Bertz CT molecular complexity index is 1040. The summed E-state index contributed by atoms with van der Waals surface area (Å²) >= 11 is 0. The number of nitro benzene ring substituents is 1. The van der Waals surface area contributed by atoms with Crippen LogP contribution >= 0.6 is 0 Å². The summed E-state index contributed by atoms with van der Waals surface area (Å²) in [6.45, 7) is 0. The number of hydrogen-bond donors (Lipinski definition) is 0. The number of rotatable bonds is 4. The number of imidazole rings is 1. The molecule has 3 aromatic rings. The third kappa shape index (κ3) is 2.93. The van der Waals surface area contributed by atoms with Crippen LogP contribution in [0.5, 0.6) is 5.75 Å². The minimum atomic E-state index is -0.517. The SMILES string of the molecule is COc1ccc(C=C(C#N)c2nc3ccccc3n2C)cc1[N+](=O)[O-]. The topological polar surface area (TPSA) is 94.0 Å². The Morgan fingerprint density at radius 2 is 2.12 bits per heavy atom. The molecule has 2 aromatic carbocycles. The highest BCUT2D eigenvalue weighted by Crippen LogP contribution is 2.29. The van der Waals surface area contributed by atoms with Crippen molar-refractivity contribution in [3.05, 3.63) is 64.0 Å². The van der Waals surface area contributed by atoms with E-state index in [1.54, 1.807) is 12.1 Å². The van der Waals surface area contributed by atoms with Gasteiger partial charge in [0.2, 0.25) is 0 Å². The van der Waals surface area contributed by atoms with Gasteiger partial charge in [0.05, 0.1) is 28.6 Å². The monoisotopic (exact) mass is 334 g/mol. The molecule has 7 heteroatoms. The van der Waals surface area contributed by atoms with Crippen molar-refractivity contribution in [3.63, 3.8) is 0 Å². The quantitative estimate of drug-likeness (QED) is 0.413. The van der Waals surface area contributed by atoms with Crippen LogP contribution in [0, 0.1) is 21.4 Å². The number of allylic oxidation sites excluding steroid dienone is 1. The van der Waals surface area contributed by atoms with Gasteiger partial charge in [-0.2, -0.15) is 5.26 Å². The number of nitriles is 1. The van der Waals surface area contributed by atoms with E-state index in [0.717, 1.165) is 11.0 Å². The Morgan fingerprint density at radius 3 is 2.76 bits per heavy atom. The lowest BCUT2D eigenvalue weighted by Crippen LogP contribution is -1.97. The molecule has 7 nitrogen and oxygen atoms in total. The van der Waals surface area contributed by atoms with Gasteiger partial charge < -0.3 is 9.30 Å². The van der Waals surface area contributed by atoms with Crippen LogP contribution in [0.15, 0.2) is 42.5 Å². The van der Waals surface area contributed by atoms with E-state index in [0.29, 0.717) is 17.0 Å². The summed E-state index contributed by atoms with van der Waals surface area (Å²) in [5.74, 6) is 0.672. The van der Waals surface area contributed by atoms with E-state index in [-0.39, 0.29) is 11.4 Å². The number of ether oxygens (including phenoxy) is 1. The van der Waals surface area contributed by atoms with Crippen molar-refractivity contribution in [3.8, 4) is 11.8 Å². The van der Waals surface area contributed by atoms with Gasteiger partial charge in [-0.15, -0.1) is 0 Å². The zero-order valence-electron chi connectivity index (χ0n) is 13.6. The van der Waals surface area contributed by atoms with Crippen molar-refractivity contribution in [2.45, 2.75) is 0 Å². The second-order valence-corrected chi connectivity index (χ2v) is 5.34. The summed E-state index contributed by atoms with van der Waals surface area (Å²) in [6.07, 6.45) is 1.58. The van der Waals surface area contributed by atoms with E-state index < -0.39 is 4.92 Å². The molecule has 0 bridgehead atoms. The van der Waals surface area contributed by atoms with Gasteiger partial charge in [-0.05, 0) is 29.8 Å². The fourth-order valence-corrected chi connectivity index (χ4v) is 2.64. The van der Waals surface area contributed by atoms with Crippen molar-refractivity contribution < 1.29 is 9.66 Å². The molecule has 0 aliphatic rings. The van der Waals surface area contributed by atoms with Gasteiger partial charge in [0.15, 0.2) is 11.6 Å². The van der Waals surface area contributed by atoms with Crippen molar-refractivity contribution in [1.82, 2.24) is 9.55 Å². The van der Waals surface area contributed by atoms with Crippen LogP contribution in [0.25, 0.3) is 22.7 Å². The third-order valence-corrected chi connectivity index (χ3v) is 3.86. The normalized spacial score (nSPS) is 11.3. The molecule has 25 heavy (non-hydrogen) atoms. The molecular weight excluding hydrogens is 320 g/mol. The summed E-state index contributed by atoms with van der Waals surface area (Å²) in [6, 6.07) is 14.2. The number of hydrogen-bond acceptors (Lipinski definition) is 5. The van der Waals surface area contributed by atoms with Crippen LogP contribution in [-0.4, -0.2) is 21.6 Å². The Labute approximate surface area is 143 Å². The lowest BCUT2D eigenvalue weighted by Gasteiger charge is -2.04. The number of nitrogens with zero attached hydrogens (tertiary/aromatic N) is 4. The first-order chi connectivity index (χ1) is 12.0. The fourth-order valence-electron chi connectivity index (χ4n) is 2.64. The molecule has 1 heterocycles. The highest BCUT2D eigenvalue weighted by molar-refractivity contribution is 5.91. The molecule has 1 aromatic heterocycles. The first kappa shape index (κ1) is 16.2. The van der Waals surface area contributed by atoms with Crippen LogP contribution < -0.4 is 4.74 Å². The third-order valence-electron chi connectivity index (χ3n) is 3.86. The first-order valence-corrected chi connectivity index (χ1v) is 7.41. The van der Waals surface area contributed by atoms with Crippen molar-refractivity contribution in [2.24, 2.45) is 7.05 Å².